The molecule has 0 fully saturated rings. The van der Waals surface area contributed by atoms with Gasteiger partial charge < -0.3 is 0 Å². The molecule has 0 heterocycles. The van der Waals surface area contributed by atoms with Gasteiger partial charge in [0, 0.05) is 10.5 Å². The van der Waals surface area contributed by atoms with Crippen molar-refractivity contribution >= 4 is 11.8 Å². The first kappa shape index (κ1) is 13.4. The van der Waals surface area contributed by atoms with Crippen LogP contribution in [0.25, 0.3) is 0 Å². The van der Waals surface area contributed by atoms with Gasteiger partial charge >= 0.3 is 5.51 Å². The molecule has 0 spiro atoms. The van der Waals surface area contributed by atoms with Crippen LogP contribution >= 0.6 is 11.8 Å². The predicted molar refractivity (Wildman–Crippen MR) is 56.6 cm³/mol. The third kappa shape index (κ3) is 4.04. The highest BCUT2D eigenvalue weighted by molar-refractivity contribution is 8.00. The van der Waals surface area contributed by atoms with Crippen molar-refractivity contribution in [3.63, 3.8) is 0 Å². The molecule has 0 unspecified atom stereocenters. The summed E-state index contributed by atoms with van der Waals surface area (Å²) in [5.41, 5.74) is -4.25. The van der Waals surface area contributed by atoms with Crippen LogP contribution in [0, 0.1) is 12.7 Å². The minimum Gasteiger partial charge on any atom is -0.207 e. The first-order valence-electron chi connectivity index (χ1n) is 4.76. The molecular formula is C11H11F4S. The summed E-state index contributed by atoms with van der Waals surface area (Å²) in [6, 6.07) is 3.76. The van der Waals surface area contributed by atoms with E-state index in [1.807, 2.05) is 0 Å². The van der Waals surface area contributed by atoms with Crippen molar-refractivity contribution in [1.82, 2.24) is 0 Å². The van der Waals surface area contributed by atoms with E-state index in [4.69, 9.17) is 0 Å². The molecule has 1 aromatic carbocycles. The Morgan fingerprint density at radius 3 is 2.50 bits per heavy atom. The van der Waals surface area contributed by atoms with Crippen molar-refractivity contribution in [2.75, 3.05) is 0 Å². The lowest BCUT2D eigenvalue weighted by Gasteiger charge is -2.11. The summed E-state index contributed by atoms with van der Waals surface area (Å²) < 4.78 is 50.0. The SMILES string of the molecule is [CH2]CCCc1c(F)cccc1SC(F)(F)F. The maximum absolute atomic E-state index is 13.3. The summed E-state index contributed by atoms with van der Waals surface area (Å²) in [5, 5.41) is 0. The molecule has 0 saturated heterocycles. The lowest BCUT2D eigenvalue weighted by Crippen LogP contribution is -2.02. The van der Waals surface area contributed by atoms with Gasteiger partial charge in [0.25, 0.3) is 0 Å². The highest BCUT2D eigenvalue weighted by Gasteiger charge is 2.30. The molecule has 0 nitrogen and oxygen atoms in total. The number of unbranched alkanes of at least 4 members (excludes halogenated alkanes) is 1. The van der Waals surface area contributed by atoms with E-state index in [1.165, 1.54) is 18.2 Å². The Morgan fingerprint density at radius 2 is 1.94 bits per heavy atom. The topological polar surface area (TPSA) is 0 Å². The Bertz CT molecular complexity index is 346. The van der Waals surface area contributed by atoms with Crippen LogP contribution < -0.4 is 0 Å². The Morgan fingerprint density at radius 1 is 1.25 bits per heavy atom. The minimum atomic E-state index is -4.38. The number of hydrogen-bond donors (Lipinski definition) is 0. The van der Waals surface area contributed by atoms with Crippen molar-refractivity contribution in [2.24, 2.45) is 0 Å². The Hall–Kier alpha value is -0.710. The van der Waals surface area contributed by atoms with Crippen molar-refractivity contribution in [3.8, 4) is 0 Å². The first-order valence-corrected chi connectivity index (χ1v) is 5.58. The standard InChI is InChI=1S/C11H11F4S/c1-2-3-5-8-9(12)6-4-7-10(8)16-11(13,14)15/h4,6-7H,1-3,5H2. The van der Waals surface area contributed by atoms with Crippen molar-refractivity contribution in [1.29, 1.82) is 0 Å². The molecule has 0 aliphatic carbocycles. The second kappa shape index (κ2) is 5.57. The third-order valence-corrected chi connectivity index (χ3v) is 2.81. The molecule has 0 aliphatic heterocycles. The molecule has 0 aliphatic rings. The molecule has 0 saturated carbocycles. The maximum Gasteiger partial charge on any atom is 0.446 e. The summed E-state index contributed by atoms with van der Waals surface area (Å²) >= 11 is -0.268. The zero-order valence-electron chi connectivity index (χ0n) is 8.48. The second-order valence-corrected chi connectivity index (χ2v) is 4.33. The van der Waals surface area contributed by atoms with Crippen LogP contribution in [0.4, 0.5) is 17.6 Å². The van der Waals surface area contributed by atoms with E-state index in [0.29, 0.717) is 12.8 Å². The van der Waals surface area contributed by atoms with Crippen LogP contribution in [0.5, 0.6) is 0 Å². The molecule has 16 heavy (non-hydrogen) atoms. The number of hydrogen-bond acceptors (Lipinski definition) is 1. The van der Waals surface area contributed by atoms with E-state index in [1.54, 1.807) is 0 Å². The summed E-state index contributed by atoms with van der Waals surface area (Å²) in [6.45, 7) is 3.58. The fourth-order valence-electron chi connectivity index (χ4n) is 1.30. The van der Waals surface area contributed by atoms with E-state index >= 15 is 0 Å². The second-order valence-electron chi connectivity index (χ2n) is 3.22. The van der Waals surface area contributed by atoms with Crippen LogP contribution in [0.15, 0.2) is 23.1 Å². The van der Waals surface area contributed by atoms with Crippen LogP contribution in [-0.4, -0.2) is 5.51 Å². The monoisotopic (exact) mass is 251 g/mol. The fraction of sp³-hybridized carbons (Fsp3) is 0.364. The average molecular weight is 251 g/mol. The minimum absolute atomic E-state index is 0.0547. The third-order valence-electron chi connectivity index (χ3n) is 1.98. The van der Waals surface area contributed by atoms with E-state index in [0.717, 1.165) is 0 Å². The van der Waals surface area contributed by atoms with Gasteiger partial charge in [0.2, 0.25) is 0 Å². The van der Waals surface area contributed by atoms with Crippen LogP contribution in [0.3, 0.4) is 0 Å². The normalized spacial score (nSPS) is 11.8. The molecular weight excluding hydrogens is 240 g/mol. The Balaban J connectivity index is 2.93. The maximum atomic E-state index is 13.3. The van der Waals surface area contributed by atoms with E-state index < -0.39 is 11.3 Å². The summed E-state index contributed by atoms with van der Waals surface area (Å²) in [7, 11) is 0. The molecule has 0 N–H and O–H groups in total. The average Bonchev–Trinajstić information content (AvgIpc) is 2.14. The van der Waals surface area contributed by atoms with Crippen molar-refractivity contribution in [3.05, 3.63) is 36.5 Å². The van der Waals surface area contributed by atoms with E-state index in [2.05, 4.69) is 6.92 Å². The zero-order chi connectivity index (χ0) is 12.2. The molecule has 5 heteroatoms. The van der Waals surface area contributed by atoms with E-state index in [9.17, 15) is 17.6 Å². The van der Waals surface area contributed by atoms with Crippen LogP contribution in [-0.2, 0) is 6.42 Å². The fourth-order valence-corrected chi connectivity index (χ4v) is 2.02. The summed E-state index contributed by atoms with van der Waals surface area (Å²) in [4.78, 5) is -0.0547. The number of benzene rings is 1. The van der Waals surface area contributed by atoms with Gasteiger partial charge in [-0.3, -0.25) is 0 Å². The van der Waals surface area contributed by atoms with Gasteiger partial charge in [-0.25, -0.2) is 4.39 Å². The van der Waals surface area contributed by atoms with Gasteiger partial charge in [-0.15, -0.1) is 0 Å². The van der Waals surface area contributed by atoms with Gasteiger partial charge in [-0.1, -0.05) is 19.4 Å². The largest absolute Gasteiger partial charge is 0.446 e. The first-order chi connectivity index (χ1) is 7.44. The number of halogens is 4. The van der Waals surface area contributed by atoms with Crippen LogP contribution in [0.2, 0.25) is 0 Å². The quantitative estimate of drug-likeness (QED) is 0.557. The molecule has 89 valence electrons. The van der Waals surface area contributed by atoms with Gasteiger partial charge in [0.05, 0.1) is 0 Å². The van der Waals surface area contributed by atoms with Crippen LogP contribution in [0.1, 0.15) is 18.4 Å². The molecule has 0 aromatic heterocycles. The van der Waals surface area contributed by atoms with Gasteiger partial charge in [-0.2, -0.15) is 13.2 Å². The smallest absolute Gasteiger partial charge is 0.207 e. The van der Waals surface area contributed by atoms with E-state index in [-0.39, 0.29) is 28.6 Å². The number of rotatable bonds is 4. The van der Waals surface area contributed by atoms with Crippen molar-refractivity contribution < 1.29 is 17.6 Å². The molecule has 0 bridgehead atoms. The lowest BCUT2D eigenvalue weighted by atomic mass is 10.1. The molecule has 1 radical (unpaired) electrons. The van der Waals surface area contributed by atoms with Gasteiger partial charge in [0.15, 0.2) is 0 Å². The zero-order valence-corrected chi connectivity index (χ0v) is 9.30. The highest BCUT2D eigenvalue weighted by Crippen LogP contribution is 2.39. The number of alkyl halides is 3. The Labute approximate surface area is 96.0 Å². The molecule has 1 aromatic rings. The van der Waals surface area contributed by atoms with Gasteiger partial charge in [0.1, 0.15) is 5.82 Å². The van der Waals surface area contributed by atoms with Crippen molar-refractivity contribution in [2.45, 2.75) is 29.7 Å². The number of thioether (sulfide) groups is 1. The molecule has 1 rings (SSSR count). The summed E-state index contributed by atoms with van der Waals surface area (Å²) in [6.07, 6.45) is 1.44. The lowest BCUT2D eigenvalue weighted by molar-refractivity contribution is -0.0328. The Kier molecular flexibility index (Phi) is 4.65. The highest BCUT2D eigenvalue weighted by atomic mass is 32.2. The predicted octanol–water partition coefficient (Wildman–Crippen LogP) is 4.59. The van der Waals surface area contributed by atoms with Gasteiger partial charge in [-0.05, 0) is 36.7 Å². The molecule has 0 amide bonds. The molecule has 0 atom stereocenters. The summed E-state index contributed by atoms with van der Waals surface area (Å²) in [5.74, 6) is -0.581.